The van der Waals surface area contributed by atoms with E-state index in [1.54, 1.807) is 16.9 Å². The van der Waals surface area contributed by atoms with Crippen LogP contribution in [0, 0.1) is 0 Å². The van der Waals surface area contributed by atoms with Gasteiger partial charge in [-0.15, -0.1) is 0 Å². The average molecular weight is 316 g/mol. The number of rotatable bonds is 7. The fraction of sp³-hybridized carbons (Fsp3) is 0.357. The Hall–Kier alpha value is -1.66. The summed E-state index contributed by atoms with van der Waals surface area (Å²) in [4.78, 5) is 0. The van der Waals surface area contributed by atoms with Crippen LogP contribution in [0.15, 0.2) is 30.5 Å². The average Bonchev–Trinajstić information content (AvgIpc) is 2.83. The van der Waals surface area contributed by atoms with Gasteiger partial charge in [0.25, 0.3) is 0 Å². The zero-order chi connectivity index (χ0) is 15.2. The van der Waals surface area contributed by atoms with Gasteiger partial charge in [-0.1, -0.05) is 11.6 Å². The highest BCUT2D eigenvalue weighted by Crippen LogP contribution is 2.24. The Kier molecular flexibility index (Phi) is 5.52. The van der Waals surface area contributed by atoms with Crippen LogP contribution < -0.4 is 10.1 Å². The zero-order valence-electron chi connectivity index (χ0n) is 11.5. The first-order valence-electron chi connectivity index (χ1n) is 6.47. The minimum atomic E-state index is -2.85. The summed E-state index contributed by atoms with van der Waals surface area (Å²) in [7, 11) is 1.88. The fourth-order valence-electron chi connectivity index (χ4n) is 1.98. The molecule has 0 saturated heterocycles. The Labute approximate surface area is 126 Å². The summed E-state index contributed by atoms with van der Waals surface area (Å²) in [6.07, 6.45) is 2.53. The number of halogens is 3. The number of benzene rings is 1. The molecule has 1 aromatic carbocycles. The number of nitrogens with one attached hydrogen (secondary N) is 1. The van der Waals surface area contributed by atoms with Gasteiger partial charge in [-0.05, 0) is 24.3 Å². The molecule has 1 aromatic heterocycles. The second-order valence-electron chi connectivity index (χ2n) is 4.50. The van der Waals surface area contributed by atoms with Gasteiger partial charge in [-0.25, -0.2) is 0 Å². The maximum atomic E-state index is 12.3. The van der Waals surface area contributed by atoms with Gasteiger partial charge < -0.3 is 10.1 Å². The van der Waals surface area contributed by atoms with Crippen LogP contribution in [0.4, 0.5) is 8.78 Å². The van der Waals surface area contributed by atoms with E-state index in [4.69, 9.17) is 11.6 Å². The highest BCUT2D eigenvalue weighted by atomic mass is 35.5. The minimum absolute atomic E-state index is 0.141. The Morgan fingerprint density at radius 2 is 2.19 bits per heavy atom. The standard InChI is InChI=1S/C14H16ClF2N3O/c1-20-12(5-7-19-20)4-6-18-9-10-8-11(15)2-3-13(10)21-14(16)17/h2-3,5,7-8,14,18H,4,6,9H2,1H3. The topological polar surface area (TPSA) is 39.1 Å². The number of aryl methyl sites for hydroxylation is 1. The van der Waals surface area contributed by atoms with E-state index in [-0.39, 0.29) is 5.75 Å². The molecule has 0 spiro atoms. The molecule has 0 unspecified atom stereocenters. The number of ether oxygens (including phenoxy) is 1. The van der Waals surface area contributed by atoms with Crippen LogP contribution in [-0.2, 0) is 20.0 Å². The summed E-state index contributed by atoms with van der Waals surface area (Å²) in [5, 5.41) is 7.75. The zero-order valence-corrected chi connectivity index (χ0v) is 12.3. The van der Waals surface area contributed by atoms with Gasteiger partial charge in [0.15, 0.2) is 0 Å². The van der Waals surface area contributed by atoms with Crippen molar-refractivity contribution in [2.24, 2.45) is 7.05 Å². The second kappa shape index (κ2) is 7.38. The Morgan fingerprint density at radius 3 is 2.86 bits per heavy atom. The maximum Gasteiger partial charge on any atom is 0.387 e. The predicted octanol–water partition coefficient (Wildman–Crippen LogP) is 3.01. The number of hydrogen-bond acceptors (Lipinski definition) is 3. The van der Waals surface area contributed by atoms with E-state index < -0.39 is 6.61 Å². The molecular weight excluding hydrogens is 300 g/mol. The lowest BCUT2D eigenvalue weighted by atomic mass is 10.2. The van der Waals surface area contributed by atoms with Gasteiger partial charge in [0.1, 0.15) is 5.75 Å². The van der Waals surface area contributed by atoms with Crippen LogP contribution in [0.1, 0.15) is 11.3 Å². The molecular formula is C14H16ClF2N3O. The quantitative estimate of drug-likeness (QED) is 0.798. The lowest BCUT2D eigenvalue weighted by Gasteiger charge is -2.12. The molecule has 0 bridgehead atoms. The van der Waals surface area contributed by atoms with Crippen molar-refractivity contribution >= 4 is 11.6 Å². The second-order valence-corrected chi connectivity index (χ2v) is 4.94. The molecule has 0 fully saturated rings. The smallest absolute Gasteiger partial charge is 0.387 e. The molecule has 1 heterocycles. The van der Waals surface area contributed by atoms with Gasteiger partial charge in [-0.3, -0.25) is 4.68 Å². The summed E-state index contributed by atoms with van der Waals surface area (Å²) in [5.74, 6) is 0.141. The predicted molar refractivity (Wildman–Crippen MR) is 76.7 cm³/mol. The summed E-state index contributed by atoms with van der Waals surface area (Å²) in [6, 6.07) is 6.54. The van der Waals surface area contributed by atoms with E-state index in [2.05, 4.69) is 15.2 Å². The van der Waals surface area contributed by atoms with Crippen LogP contribution in [0.25, 0.3) is 0 Å². The van der Waals surface area contributed by atoms with Crippen LogP contribution in [0.5, 0.6) is 5.75 Å². The van der Waals surface area contributed by atoms with Gasteiger partial charge in [0.05, 0.1) is 0 Å². The third-order valence-corrected chi connectivity index (χ3v) is 3.27. The molecule has 0 radical (unpaired) electrons. The number of nitrogens with zero attached hydrogens (tertiary/aromatic N) is 2. The fourth-order valence-corrected chi connectivity index (χ4v) is 2.18. The molecule has 7 heteroatoms. The maximum absolute atomic E-state index is 12.3. The molecule has 0 saturated carbocycles. The third-order valence-electron chi connectivity index (χ3n) is 3.03. The van der Waals surface area contributed by atoms with Crippen molar-refractivity contribution in [3.05, 3.63) is 46.7 Å². The normalized spacial score (nSPS) is 11.1. The molecule has 114 valence electrons. The molecule has 0 atom stereocenters. The Balaban J connectivity index is 1.90. The molecule has 1 N–H and O–H groups in total. The van der Waals surface area contributed by atoms with Crippen molar-refractivity contribution in [2.45, 2.75) is 19.6 Å². The molecule has 0 aliphatic rings. The van der Waals surface area contributed by atoms with Crippen LogP contribution in [0.2, 0.25) is 5.02 Å². The summed E-state index contributed by atoms with van der Waals surface area (Å²) in [6.45, 7) is -1.75. The molecule has 0 aliphatic heterocycles. The van der Waals surface area contributed by atoms with Gasteiger partial charge in [0, 0.05) is 49.0 Å². The highest BCUT2D eigenvalue weighted by Gasteiger charge is 2.10. The number of aromatic nitrogens is 2. The van der Waals surface area contributed by atoms with Crippen molar-refractivity contribution in [2.75, 3.05) is 6.54 Å². The first kappa shape index (κ1) is 15.7. The lowest BCUT2D eigenvalue weighted by Crippen LogP contribution is -2.18. The van der Waals surface area contributed by atoms with Crippen molar-refractivity contribution in [1.82, 2.24) is 15.1 Å². The van der Waals surface area contributed by atoms with Crippen molar-refractivity contribution in [1.29, 1.82) is 0 Å². The number of alkyl halides is 2. The number of hydrogen-bond donors (Lipinski definition) is 1. The third kappa shape index (κ3) is 4.68. The van der Waals surface area contributed by atoms with Crippen LogP contribution in [-0.4, -0.2) is 22.9 Å². The van der Waals surface area contributed by atoms with E-state index in [9.17, 15) is 8.78 Å². The van der Waals surface area contributed by atoms with Crippen LogP contribution >= 0.6 is 11.6 Å². The summed E-state index contributed by atoms with van der Waals surface area (Å²) >= 11 is 5.89. The molecule has 2 aromatic rings. The summed E-state index contributed by atoms with van der Waals surface area (Å²) < 4.78 is 30.9. The highest BCUT2D eigenvalue weighted by molar-refractivity contribution is 6.30. The van der Waals surface area contributed by atoms with E-state index in [1.807, 2.05) is 13.1 Å². The first-order valence-corrected chi connectivity index (χ1v) is 6.85. The van der Waals surface area contributed by atoms with Crippen molar-refractivity contribution < 1.29 is 13.5 Å². The van der Waals surface area contributed by atoms with Crippen molar-refractivity contribution in [3.63, 3.8) is 0 Å². The van der Waals surface area contributed by atoms with Gasteiger partial charge >= 0.3 is 6.61 Å². The van der Waals surface area contributed by atoms with Crippen LogP contribution in [0.3, 0.4) is 0 Å². The van der Waals surface area contributed by atoms with Gasteiger partial charge in [0.2, 0.25) is 0 Å². The molecule has 0 aliphatic carbocycles. The summed E-state index contributed by atoms with van der Waals surface area (Å²) in [5.41, 5.74) is 1.70. The van der Waals surface area contributed by atoms with E-state index in [1.165, 1.54) is 12.1 Å². The monoisotopic (exact) mass is 315 g/mol. The van der Waals surface area contributed by atoms with E-state index in [0.29, 0.717) is 23.7 Å². The Bertz CT molecular complexity index is 589. The lowest BCUT2D eigenvalue weighted by molar-refractivity contribution is -0.0504. The van der Waals surface area contributed by atoms with Crippen molar-refractivity contribution in [3.8, 4) is 5.75 Å². The minimum Gasteiger partial charge on any atom is -0.434 e. The molecule has 0 amide bonds. The Morgan fingerprint density at radius 1 is 1.38 bits per heavy atom. The SMILES string of the molecule is Cn1nccc1CCNCc1cc(Cl)ccc1OC(F)F. The van der Waals surface area contributed by atoms with E-state index in [0.717, 1.165) is 12.1 Å². The van der Waals surface area contributed by atoms with Gasteiger partial charge in [-0.2, -0.15) is 13.9 Å². The molecule has 21 heavy (non-hydrogen) atoms. The molecule has 4 nitrogen and oxygen atoms in total. The van der Waals surface area contributed by atoms with E-state index >= 15 is 0 Å². The first-order chi connectivity index (χ1) is 10.1. The largest absolute Gasteiger partial charge is 0.434 e. The molecule has 2 rings (SSSR count).